The third-order valence-corrected chi connectivity index (χ3v) is 2.64. The van der Waals surface area contributed by atoms with Crippen molar-refractivity contribution in [2.24, 2.45) is 7.05 Å². The van der Waals surface area contributed by atoms with Crippen LogP contribution in [0.25, 0.3) is 21.9 Å². The van der Waals surface area contributed by atoms with Crippen molar-refractivity contribution in [2.75, 3.05) is 0 Å². The number of benzene rings is 1. The number of hydrogen-bond donors (Lipinski definition) is 0. The Morgan fingerprint density at radius 2 is 1.93 bits per heavy atom. The van der Waals surface area contributed by atoms with Crippen molar-refractivity contribution < 1.29 is 4.42 Å². The molecule has 3 aromatic rings. The normalized spacial score (nSPS) is 11.3. The summed E-state index contributed by atoms with van der Waals surface area (Å²) < 4.78 is 7.16. The Morgan fingerprint density at radius 3 is 2.80 bits per heavy atom. The predicted molar refractivity (Wildman–Crippen MR) is 59.0 cm³/mol. The Bertz CT molecular complexity index is 706. The molecule has 0 N–H and O–H groups in total. The number of nitrogens with zero attached hydrogens (tertiary/aromatic N) is 1. The molecular formula is C12H9NO2. The Hall–Kier alpha value is -2.03. The van der Waals surface area contributed by atoms with E-state index in [-0.39, 0.29) is 5.63 Å². The summed E-state index contributed by atoms with van der Waals surface area (Å²) in [6.07, 6.45) is 1.87. The summed E-state index contributed by atoms with van der Waals surface area (Å²) in [5.74, 6) is 0. The average Bonchev–Trinajstić information content (AvgIpc) is 2.62. The molecule has 0 aliphatic carbocycles. The van der Waals surface area contributed by atoms with E-state index in [2.05, 4.69) is 0 Å². The third kappa shape index (κ3) is 1.03. The zero-order valence-electron chi connectivity index (χ0n) is 8.23. The first-order chi connectivity index (χ1) is 7.27. The smallest absolute Gasteiger partial charge is 0.345 e. The van der Waals surface area contributed by atoms with Crippen LogP contribution in [0.5, 0.6) is 0 Å². The van der Waals surface area contributed by atoms with Crippen LogP contribution in [-0.4, -0.2) is 4.57 Å². The highest BCUT2D eigenvalue weighted by atomic mass is 16.4. The van der Waals surface area contributed by atoms with Crippen molar-refractivity contribution >= 4 is 21.9 Å². The number of para-hydroxylation sites is 1. The molecule has 3 nitrogen and oxygen atoms in total. The molecule has 0 atom stereocenters. The first kappa shape index (κ1) is 8.29. The quantitative estimate of drug-likeness (QED) is 0.520. The molecule has 2 heterocycles. The van der Waals surface area contributed by atoms with Crippen molar-refractivity contribution in [2.45, 2.75) is 0 Å². The van der Waals surface area contributed by atoms with Gasteiger partial charge in [-0.3, -0.25) is 0 Å². The monoisotopic (exact) mass is 199 g/mol. The second-order valence-electron chi connectivity index (χ2n) is 3.57. The van der Waals surface area contributed by atoms with Gasteiger partial charge in [0.05, 0.1) is 10.9 Å². The van der Waals surface area contributed by atoms with Gasteiger partial charge in [-0.2, -0.15) is 0 Å². The van der Waals surface area contributed by atoms with Gasteiger partial charge in [-0.25, -0.2) is 4.79 Å². The minimum atomic E-state index is -0.274. The van der Waals surface area contributed by atoms with Gasteiger partial charge in [0, 0.05) is 18.6 Å². The van der Waals surface area contributed by atoms with Gasteiger partial charge in [-0.15, -0.1) is 0 Å². The fourth-order valence-electron chi connectivity index (χ4n) is 1.94. The number of aromatic nitrogens is 1. The van der Waals surface area contributed by atoms with Crippen molar-refractivity contribution in [1.82, 2.24) is 4.57 Å². The lowest BCUT2D eigenvalue weighted by atomic mass is 10.2. The lowest BCUT2D eigenvalue weighted by molar-refractivity contribution is 0.569. The van der Waals surface area contributed by atoms with E-state index in [1.54, 1.807) is 6.07 Å². The first-order valence-electron chi connectivity index (χ1n) is 4.74. The van der Waals surface area contributed by atoms with Crippen LogP contribution in [0.1, 0.15) is 0 Å². The number of rotatable bonds is 0. The summed E-state index contributed by atoms with van der Waals surface area (Å²) in [5.41, 5.74) is 1.29. The molecule has 0 aliphatic heterocycles. The molecule has 3 rings (SSSR count). The number of aryl methyl sites for hydroxylation is 1. The second-order valence-corrected chi connectivity index (χ2v) is 3.57. The Balaban J connectivity index is 2.74. The molecule has 0 amide bonds. The maximum atomic E-state index is 11.6. The molecular weight excluding hydrogens is 190 g/mol. The summed E-state index contributed by atoms with van der Waals surface area (Å²) >= 11 is 0. The van der Waals surface area contributed by atoms with Gasteiger partial charge in [0.15, 0.2) is 0 Å². The van der Waals surface area contributed by atoms with Gasteiger partial charge in [0.2, 0.25) is 0 Å². The van der Waals surface area contributed by atoms with Crippen LogP contribution < -0.4 is 5.63 Å². The summed E-state index contributed by atoms with van der Waals surface area (Å²) in [4.78, 5) is 11.6. The SMILES string of the molecule is Cn1ccc2c(=O)oc3ccccc3c21. The van der Waals surface area contributed by atoms with E-state index >= 15 is 0 Å². The fourth-order valence-corrected chi connectivity index (χ4v) is 1.94. The van der Waals surface area contributed by atoms with Gasteiger partial charge >= 0.3 is 5.63 Å². The molecule has 0 fully saturated rings. The van der Waals surface area contributed by atoms with Crippen molar-refractivity contribution in [1.29, 1.82) is 0 Å². The highest BCUT2D eigenvalue weighted by molar-refractivity contribution is 6.02. The molecule has 0 spiro atoms. The van der Waals surface area contributed by atoms with Crippen LogP contribution in [0.3, 0.4) is 0 Å². The standard InChI is InChI=1S/C12H9NO2/c1-13-7-6-9-11(13)8-4-2-3-5-10(8)15-12(9)14/h2-7H,1H3. The van der Waals surface area contributed by atoms with Gasteiger partial charge in [0.25, 0.3) is 0 Å². The molecule has 0 saturated heterocycles. The molecule has 15 heavy (non-hydrogen) atoms. The molecule has 74 valence electrons. The summed E-state index contributed by atoms with van der Waals surface area (Å²) in [5, 5.41) is 1.61. The molecule has 0 radical (unpaired) electrons. The minimum absolute atomic E-state index is 0.274. The van der Waals surface area contributed by atoms with Crippen LogP contribution in [-0.2, 0) is 7.05 Å². The summed E-state index contributed by atoms with van der Waals surface area (Å²) in [6, 6.07) is 9.35. The number of hydrogen-bond acceptors (Lipinski definition) is 2. The molecule has 3 heteroatoms. The van der Waals surface area contributed by atoms with E-state index in [0.717, 1.165) is 10.9 Å². The van der Waals surface area contributed by atoms with Crippen LogP contribution >= 0.6 is 0 Å². The second kappa shape index (κ2) is 2.73. The molecule has 0 unspecified atom stereocenters. The average molecular weight is 199 g/mol. The van der Waals surface area contributed by atoms with E-state index < -0.39 is 0 Å². The van der Waals surface area contributed by atoms with Crippen molar-refractivity contribution in [3.05, 3.63) is 46.9 Å². The van der Waals surface area contributed by atoms with E-state index in [9.17, 15) is 4.79 Å². The minimum Gasteiger partial charge on any atom is -0.422 e. The van der Waals surface area contributed by atoms with Gasteiger partial charge in [-0.05, 0) is 18.2 Å². The fraction of sp³-hybridized carbons (Fsp3) is 0.0833. The molecule has 0 aliphatic rings. The van der Waals surface area contributed by atoms with E-state index in [0.29, 0.717) is 11.0 Å². The zero-order chi connectivity index (χ0) is 10.4. The Labute approximate surface area is 85.5 Å². The van der Waals surface area contributed by atoms with E-state index in [4.69, 9.17) is 4.42 Å². The van der Waals surface area contributed by atoms with Crippen molar-refractivity contribution in [3.63, 3.8) is 0 Å². The topological polar surface area (TPSA) is 35.1 Å². The first-order valence-corrected chi connectivity index (χ1v) is 4.74. The summed E-state index contributed by atoms with van der Waals surface area (Å²) in [6.45, 7) is 0. The van der Waals surface area contributed by atoms with Gasteiger partial charge in [-0.1, -0.05) is 12.1 Å². The molecule has 0 bridgehead atoms. The predicted octanol–water partition coefficient (Wildman–Crippen LogP) is 2.28. The molecule has 2 aromatic heterocycles. The van der Waals surface area contributed by atoms with Crippen LogP contribution in [0.2, 0.25) is 0 Å². The third-order valence-electron chi connectivity index (χ3n) is 2.64. The highest BCUT2D eigenvalue weighted by Crippen LogP contribution is 2.22. The van der Waals surface area contributed by atoms with Crippen LogP contribution in [0.15, 0.2) is 45.7 Å². The van der Waals surface area contributed by atoms with Crippen LogP contribution in [0, 0.1) is 0 Å². The van der Waals surface area contributed by atoms with E-state index in [1.165, 1.54) is 0 Å². The maximum absolute atomic E-state index is 11.6. The lowest BCUT2D eigenvalue weighted by Gasteiger charge is -2.00. The van der Waals surface area contributed by atoms with Crippen LogP contribution in [0.4, 0.5) is 0 Å². The number of fused-ring (bicyclic) bond motifs is 3. The largest absolute Gasteiger partial charge is 0.422 e. The molecule has 1 aromatic carbocycles. The van der Waals surface area contributed by atoms with E-state index in [1.807, 2.05) is 42.1 Å². The zero-order valence-corrected chi connectivity index (χ0v) is 8.23. The maximum Gasteiger partial charge on any atom is 0.345 e. The highest BCUT2D eigenvalue weighted by Gasteiger charge is 2.08. The molecule has 0 saturated carbocycles. The Morgan fingerprint density at radius 1 is 1.13 bits per heavy atom. The van der Waals surface area contributed by atoms with Gasteiger partial charge in [0.1, 0.15) is 5.58 Å². The summed E-state index contributed by atoms with van der Waals surface area (Å²) in [7, 11) is 1.92. The van der Waals surface area contributed by atoms with Crippen molar-refractivity contribution in [3.8, 4) is 0 Å². The lowest BCUT2D eigenvalue weighted by Crippen LogP contribution is -1.99. The van der Waals surface area contributed by atoms with Gasteiger partial charge < -0.3 is 8.98 Å². The Kier molecular flexibility index (Phi) is 1.51.